The zero-order valence-corrected chi connectivity index (χ0v) is 11.4. The quantitative estimate of drug-likeness (QED) is 0.608. The topological polar surface area (TPSA) is 18.5 Å². The van der Waals surface area contributed by atoms with Gasteiger partial charge >= 0.3 is 20.0 Å². The predicted octanol–water partition coefficient (Wildman–Crippen LogP) is 4.45. The number of alkyl halides is 6. The molecule has 2 rings (SSSR count). The van der Waals surface area contributed by atoms with Crippen LogP contribution in [0.3, 0.4) is 0 Å². The van der Waals surface area contributed by atoms with E-state index in [0.29, 0.717) is 0 Å². The first kappa shape index (κ1) is 17.0. The molecule has 23 heavy (non-hydrogen) atoms. The maximum atomic E-state index is 12.7. The van der Waals surface area contributed by atoms with Crippen LogP contribution in [0.25, 0.3) is 0 Å². The van der Waals surface area contributed by atoms with Gasteiger partial charge in [0.1, 0.15) is 11.5 Å². The maximum absolute atomic E-state index is 12.7. The van der Waals surface area contributed by atoms with Crippen molar-refractivity contribution >= 4 is 7.69 Å². The van der Waals surface area contributed by atoms with Gasteiger partial charge in [-0.05, 0) is 24.3 Å². The molecule has 122 valence electrons. The highest BCUT2D eigenvalue weighted by Crippen LogP contribution is 2.37. The first-order valence-corrected chi connectivity index (χ1v) is 6.27. The minimum atomic E-state index is -4.64. The van der Waals surface area contributed by atoms with Gasteiger partial charge in [0.25, 0.3) is 0 Å². The third-order valence-corrected chi connectivity index (χ3v) is 2.81. The molecule has 0 fully saturated rings. The maximum Gasteiger partial charge on any atom is 0.576 e. The molecular formula is C14H9BF6O2. The Kier molecular flexibility index (Phi) is 4.77. The molecule has 0 N–H and O–H groups in total. The van der Waals surface area contributed by atoms with E-state index < -0.39 is 42.7 Å². The number of hydrogen-bond acceptors (Lipinski definition) is 2. The lowest BCUT2D eigenvalue weighted by Crippen LogP contribution is -2.17. The van der Waals surface area contributed by atoms with E-state index >= 15 is 0 Å². The molecule has 0 aromatic heterocycles. The largest absolute Gasteiger partial charge is 0.576 e. The summed E-state index contributed by atoms with van der Waals surface area (Å²) in [6, 6.07) is 8.70. The Balaban J connectivity index is 2.11. The summed E-state index contributed by atoms with van der Waals surface area (Å²) in [5.74, 6) is -1.05. The predicted molar refractivity (Wildman–Crippen MR) is 71.3 cm³/mol. The van der Waals surface area contributed by atoms with Crippen molar-refractivity contribution in [2.45, 2.75) is 12.4 Å². The molecule has 2 aromatic carbocycles. The smallest absolute Gasteiger partial charge is 0.528 e. The molecule has 0 saturated carbocycles. The van der Waals surface area contributed by atoms with Crippen LogP contribution in [-0.4, -0.2) is 7.69 Å². The van der Waals surface area contributed by atoms with E-state index in [1.54, 1.807) is 0 Å². The van der Waals surface area contributed by atoms with Crippen molar-refractivity contribution in [2.24, 2.45) is 0 Å². The molecule has 0 radical (unpaired) electrons. The zero-order chi connectivity index (χ0) is 17.1. The summed E-state index contributed by atoms with van der Waals surface area (Å²) in [6.45, 7) is 0. The molecule has 0 bridgehead atoms. The highest BCUT2D eigenvalue weighted by molar-refractivity contribution is 6.20. The van der Waals surface area contributed by atoms with Gasteiger partial charge in [0, 0.05) is 0 Å². The second-order valence-corrected chi connectivity index (χ2v) is 4.39. The van der Waals surface area contributed by atoms with Crippen molar-refractivity contribution in [1.29, 1.82) is 0 Å². The molecule has 0 heterocycles. The van der Waals surface area contributed by atoms with Gasteiger partial charge in [-0.15, -0.1) is 0 Å². The van der Waals surface area contributed by atoms with E-state index in [4.69, 9.17) is 9.31 Å². The standard InChI is InChI=1S/C14H9BF6O2/c16-13(17,18)9-5-1-3-7-11(9)22-15-23-12-8-4-2-6-10(12)14(19,20)21/h1-8,15H. The van der Waals surface area contributed by atoms with Crippen LogP contribution < -0.4 is 9.31 Å². The Morgan fingerprint density at radius 1 is 0.609 bits per heavy atom. The monoisotopic (exact) mass is 334 g/mol. The van der Waals surface area contributed by atoms with Gasteiger partial charge in [0.05, 0.1) is 11.1 Å². The fourth-order valence-electron chi connectivity index (χ4n) is 1.81. The lowest BCUT2D eigenvalue weighted by atomic mass is 10.1. The van der Waals surface area contributed by atoms with Crippen LogP contribution in [0.1, 0.15) is 11.1 Å². The Labute approximate surface area is 127 Å². The number of rotatable bonds is 4. The Hall–Kier alpha value is -2.32. The van der Waals surface area contributed by atoms with Gasteiger partial charge in [-0.2, -0.15) is 26.3 Å². The fourth-order valence-corrected chi connectivity index (χ4v) is 1.81. The Bertz CT molecular complexity index is 611. The van der Waals surface area contributed by atoms with Gasteiger partial charge in [-0.1, -0.05) is 24.3 Å². The first-order valence-electron chi connectivity index (χ1n) is 6.27. The second-order valence-electron chi connectivity index (χ2n) is 4.39. The van der Waals surface area contributed by atoms with E-state index in [0.717, 1.165) is 24.3 Å². The Morgan fingerprint density at radius 3 is 1.30 bits per heavy atom. The van der Waals surface area contributed by atoms with Crippen LogP contribution in [0, 0.1) is 0 Å². The normalized spacial score (nSPS) is 11.9. The average Bonchev–Trinajstić information content (AvgIpc) is 2.46. The van der Waals surface area contributed by atoms with Crippen molar-refractivity contribution in [3.05, 3.63) is 59.7 Å². The highest BCUT2D eigenvalue weighted by atomic mass is 19.4. The van der Waals surface area contributed by atoms with Crippen molar-refractivity contribution in [2.75, 3.05) is 0 Å². The van der Waals surface area contributed by atoms with E-state index in [1.807, 2.05) is 0 Å². The molecule has 2 nitrogen and oxygen atoms in total. The van der Waals surface area contributed by atoms with Gasteiger partial charge in [-0.25, -0.2) is 0 Å². The van der Waals surface area contributed by atoms with Crippen LogP contribution in [0.15, 0.2) is 48.5 Å². The van der Waals surface area contributed by atoms with Crippen LogP contribution in [0.4, 0.5) is 26.3 Å². The lowest BCUT2D eigenvalue weighted by molar-refractivity contribution is -0.138. The molecule has 2 aromatic rings. The second kappa shape index (κ2) is 6.43. The van der Waals surface area contributed by atoms with Crippen LogP contribution in [0.5, 0.6) is 11.5 Å². The van der Waals surface area contributed by atoms with Crippen molar-refractivity contribution in [3.8, 4) is 11.5 Å². The zero-order valence-electron chi connectivity index (χ0n) is 11.4. The molecule has 9 heteroatoms. The van der Waals surface area contributed by atoms with E-state index in [-0.39, 0.29) is 0 Å². The summed E-state index contributed by atoms with van der Waals surface area (Å²) < 4.78 is 86.1. The van der Waals surface area contributed by atoms with Crippen LogP contribution >= 0.6 is 0 Å². The summed E-state index contributed by atoms with van der Waals surface area (Å²) in [5, 5.41) is 0. The average molecular weight is 334 g/mol. The van der Waals surface area contributed by atoms with Crippen molar-refractivity contribution < 1.29 is 35.7 Å². The van der Waals surface area contributed by atoms with Gasteiger partial charge in [0.2, 0.25) is 0 Å². The molecule has 0 spiro atoms. The summed E-state index contributed by atoms with van der Waals surface area (Å²) >= 11 is 0. The highest BCUT2D eigenvalue weighted by Gasteiger charge is 2.35. The number of halogens is 6. The summed E-state index contributed by atoms with van der Waals surface area (Å²) in [7, 11) is -0.791. The van der Waals surface area contributed by atoms with Gasteiger partial charge in [0.15, 0.2) is 0 Å². The van der Waals surface area contributed by atoms with Crippen molar-refractivity contribution in [1.82, 2.24) is 0 Å². The summed E-state index contributed by atoms with van der Waals surface area (Å²) in [4.78, 5) is 0. The van der Waals surface area contributed by atoms with E-state index in [2.05, 4.69) is 0 Å². The van der Waals surface area contributed by atoms with Gasteiger partial charge in [-0.3, -0.25) is 0 Å². The molecule has 0 aliphatic carbocycles. The molecule has 0 atom stereocenters. The molecule has 0 amide bonds. The lowest BCUT2D eigenvalue weighted by Gasteiger charge is -2.16. The Morgan fingerprint density at radius 2 is 0.957 bits per heavy atom. The number of para-hydroxylation sites is 2. The third kappa shape index (κ3) is 4.34. The molecule has 0 saturated heterocycles. The first-order chi connectivity index (χ1) is 10.7. The minimum absolute atomic E-state index is 0.524. The molecule has 0 aliphatic rings. The number of benzene rings is 2. The number of hydrogen-bond donors (Lipinski definition) is 0. The van der Waals surface area contributed by atoms with E-state index in [1.165, 1.54) is 24.3 Å². The third-order valence-electron chi connectivity index (χ3n) is 2.81. The fraction of sp³-hybridized carbons (Fsp3) is 0.143. The molecular weight excluding hydrogens is 325 g/mol. The van der Waals surface area contributed by atoms with Gasteiger partial charge < -0.3 is 9.31 Å². The van der Waals surface area contributed by atoms with E-state index in [9.17, 15) is 26.3 Å². The SMILES string of the molecule is FC(F)(F)c1ccccc1OBOc1ccccc1C(F)(F)F. The summed E-state index contributed by atoms with van der Waals surface area (Å²) in [5.41, 5.74) is -2.07. The minimum Gasteiger partial charge on any atom is -0.528 e. The van der Waals surface area contributed by atoms with Crippen molar-refractivity contribution in [3.63, 3.8) is 0 Å². The molecule has 0 unspecified atom stereocenters. The molecule has 0 aliphatic heterocycles. The van der Waals surface area contributed by atoms with Crippen LogP contribution in [0.2, 0.25) is 0 Å². The van der Waals surface area contributed by atoms with Crippen LogP contribution in [-0.2, 0) is 12.4 Å². The summed E-state index contributed by atoms with van der Waals surface area (Å²) in [6.07, 6.45) is -9.28.